The molecule has 1 aliphatic rings. The summed E-state index contributed by atoms with van der Waals surface area (Å²) in [7, 11) is 0. The summed E-state index contributed by atoms with van der Waals surface area (Å²) >= 11 is 5.73. The van der Waals surface area contributed by atoms with Gasteiger partial charge in [-0.1, -0.05) is 48.0 Å². The number of carbonyl (C=O) groups is 1. The Bertz CT molecular complexity index is 1120. The molecule has 0 saturated carbocycles. The number of hydrogen-bond acceptors (Lipinski definition) is 4. The molecule has 5 nitrogen and oxygen atoms in total. The molecule has 4 rings (SSSR count). The van der Waals surface area contributed by atoms with Crippen LogP contribution in [0.25, 0.3) is 0 Å². The van der Waals surface area contributed by atoms with Crippen molar-refractivity contribution in [1.82, 2.24) is 5.32 Å². The predicted molar refractivity (Wildman–Crippen MR) is 114 cm³/mol. The minimum absolute atomic E-state index is 0.0733. The van der Waals surface area contributed by atoms with Crippen LogP contribution in [0.2, 0.25) is 5.02 Å². The number of alkyl halides is 3. The van der Waals surface area contributed by atoms with Crippen LogP contribution in [0.3, 0.4) is 0 Å². The van der Waals surface area contributed by atoms with Crippen molar-refractivity contribution in [1.29, 1.82) is 0 Å². The van der Waals surface area contributed by atoms with Crippen molar-refractivity contribution >= 4 is 23.2 Å². The molecule has 9 heteroatoms. The van der Waals surface area contributed by atoms with E-state index in [2.05, 4.69) is 10.6 Å². The van der Waals surface area contributed by atoms with Crippen LogP contribution in [0.1, 0.15) is 22.7 Å². The zero-order chi connectivity index (χ0) is 22.7. The molecule has 1 atom stereocenters. The van der Waals surface area contributed by atoms with Gasteiger partial charge in [0.05, 0.1) is 11.3 Å². The highest BCUT2D eigenvalue weighted by atomic mass is 35.5. The quantitative estimate of drug-likeness (QED) is 0.503. The second-order valence-electron chi connectivity index (χ2n) is 7.09. The Kier molecular flexibility index (Phi) is 6.25. The predicted octanol–water partition coefficient (Wildman–Crippen LogP) is 5.56. The van der Waals surface area contributed by atoms with Crippen LogP contribution in [0.15, 0.2) is 66.7 Å². The molecule has 0 aromatic heterocycles. The lowest BCUT2D eigenvalue weighted by Crippen LogP contribution is -2.33. The van der Waals surface area contributed by atoms with Crippen molar-refractivity contribution in [2.75, 3.05) is 12.1 Å². The minimum Gasteiger partial charge on any atom is -0.454 e. The molecule has 0 bridgehead atoms. The average molecular weight is 463 g/mol. The molecule has 1 amide bonds. The molecule has 3 aromatic rings. The highest BCUT2D eigenvalue weighted by molar-refractivity contribution is 6.30. The highest BCUT2D eigenvalue weighted by Crippen LogP contribution is 2.37. The summed E-state index contributed by atoms with van der Waals surface area (Å²) in [5.41, 5.74) is 0.0531. The Morgan fingerprint density at radius 2 is 1.75 bits per heavy atom. The number of benzene rings is 3. The smallest absolute Gasteiger partial charge is 0.418 e. The fraction of sp³-hybridized carbons (Fsp3) is 0.174. The maximum atomic E-state index is 13.4. The Morgan fingerprint density at radius 3 is 2.50 bits per heavy atom. The van der Waals surface area contributed by atoms with Crippen LogP contribution in [0.5, 0.6) is 11.5 Å². The van der Waals surface area contributed by atoms with Crippen LogP contribution in [-0.2, 0) is 17.5 Å². The molecule has 0 spiro atoms. The lowest BCUT2D eigenvalue weighted by atomic mass is 10.0. The monoisotopic (exact) mass is 462 g/mol. The first-order valence-corrected chi connectivity index (χ1v) is 10.0. The number of amides is 1. The first-order chi connectivity index (χ1) is 15.3. The molecular formula is C23H18ClF3N2O3. The van der Waals surface area contributed by atoms with E-state index < -0.39 is 23.7 Å². The Labute approximate surface area is 187 Å². The molecule has 1 heterocycles. The van der Waals surface area contributed by atoms with Gasteiger partial charge in [0.15, 0.2) is 11.5 Å². The first kappa shape index (κ1) is 22.0. The molecule has 32 heavy (non-hydrogen) atoms. The maximum Gasteiger partial charge on any atom is 0.418 e. The molecule has 3 aromatic carbocycles. The number of carbonyl (C=O) groups excluding carboxylic acids is 1. The number of anilines is 1. The van der Waals surface area contributed by atoms with Crippen molar-refractivity contribution in [2.45, 2.75) is 18.8 Å². The Hall–Kier alpha value is -3.23. The summed E-state index contributed by atoms with van der Waals surface area (Å²) < 4.78 is 51.0. The van der Waals surface area contributed by atoms with E-state index in [0.29, 0.717) is 17.1 Å². The van der Waals surface area contributed by atoms with Gasteiger partial charge in [-0.25, -0.2) is 0 Å². The van der Waals surface area contributed by atoms with Crippen LogP contribution in [0, 0.1) is 0 Å². The van der Waals surface area contributed by atoms with Crippen molar-refractivity contribution in [3.63, 3.8) is 0 Å². The Balaban J connectivity index is 1.57. The number of ether oxygens (including phenoxy) is 2. The zero-order valence-corrected chi connectivity index (χ0v) is 17.3. The maximum absolute atomic E-state index is 13.4. The number of hydrogen-bond donors (Lipinski definition) is 2. The standard InChI is InChI=1S/C23H18ClF3N2O3/c24-16-7-8-18(17(11-16)23(25,26)27)29-22(30)21(15-4-2-1-3-5-15)28-12-14-6-9-19-20(10-14)32-13-31-19/h1-11,21,28H,12-13H2,(H,29,30). The summed E-state index contributed by atoms with van der Waals surface area (Å²) in [5, 5.41) is 5.44. The van der Waals surface area contributed by atoms with Gasteiger partial charge in [-0.05, 0) is 41.5 Å². The topological polar surface area (TPSA) is 59.6 Å². The SMILES string of the molecule is O=C(Nc1ccc(Cl)cc1C(F)(F)F)C(NCc1ccc2c(c1)OCO2)c1ccccc1. The summed E-state index contributed by atoms with van der Waals surface area (Å²) in [6, 6.07) is 16.4. The van der Waals surface area contributed by atoms with Gasteiger partial charge in [0.2, 0.25) is 12.7 Å². The largest absolute Gasteiger partial charge is 0.454 e. The van der Waals surface area contributed by atoms with Gasteiger partial charge in [-0.2, -0.15) is 13.2 Å². The van der Waals surface area contributed by atoms with E-state index in [9.17, 15) is 18.0 Å². The van der Waals surface area contributed by atoms with E-state index in [-0.39, 0.29) is 24.0 Å². The average Bonchev–Trinajstić information content (AvgIpc) is 3.23. The molecular weight excluding hydrogens is 445 g/mol. The van der Waals surface area contributed by atoms with Gasteiger partial charge in [0, 0.05) is 11.6 Å². The number of halogens is 4. The van der Waals surface area contributed by atoms with Crippen LogP contribution < -0.4 is 20.1 Å². The van der Waals surface area contributed by atoms with Crippen LogP contribution >= 0.6 is 11.6 Å². The summed E-state index contributed by atoms with van der Waals surface area (Å²) in [6.45, 7) is 0.417. The van der Waals surface area contributed by atoms with E-state index in [0.717, 1.165) is 17.7 Å². The molecule has 0 saturated heterocycles. The fourth-order valence-electron chi connectivity index (χ4n) is 3.34. The number of fused-ring (bicyclic) bond motifs is 1. The summed E-state index contributed by atoms with van der Waals surface area (Å²) in [4.78, 5) is 13.1. The third-order valence-electron chi connectivity index (χ3n) is 4.89. The minimum atomic E-state index is -4.67. The van der Waals surface area contributed by atoms with E-state index >= 15 is 0 Å². The highest BCUT2D eigenvalue weighted by Gasteiger charge is 2.35. The summed E-state index contributed by atoms with van der Waals surface area (Å²) in [5.74, 6) is 0.597. The molecule has 1 unspecified atom stereocenters. The van der Waals surface area contributed by atoms with Crippen LogP contribution in [0.4, 0.5) is 18.9 Å². The van der Waals surface area contributed by atoms with Crippen molar-refractivity contribution in [2.24, 2.45) is 0 Å². The normalized spacial score (nSPS) is 13.6. The molecule has 0 fully saturated rings. The van der Waals surface area contributed by atoms with Crippen molar-refractivity contribution < 1.29 is 27.4 Å². The van der Waals surface area contributed by atoms with Crippen LogP contribution in [-0.4, -0.2) is 12.7 Å². The summed E-state index contributed by atoms with van der Waals surface area (Å²) in [6.07, 6.45) is -4.67. The van der Waals surface area contributed by atoms with Gasteiger partial charge < -0.3 is 14.8 Å². The van der Waals surface area contributed by atoms with E-state index in [1.54, 1.807) is 42.5 Å². The van der Waals surface area contributed by atoms with Gasteiger partial charge >= 0.3 is 6.18 Å². The van der Waals surface area contributed by atoms with Gasteiger partial charge in [0.25, 0.3) is 0 Å². The van der Waals surface area contributed by atoms with Crippen molar-refractivity contribution in [3.8, 4) is 11.5 Å². The number of rotatable bonds is 6. The molecule has 1 aliphatic heterocycles. The van der Waals surface area contributed by atoms with Gasteiger partial charge in [0.1, 0.15) is 6.04 Å². The zero-order valence-electron chi connectivity index (χ0n) is 16.6. The third-order valence-corrected chi connectivity index (χ3v) is 5.12. The number of nitrogens with one attached hydrogen (secondary N) is 2. The van der Waals surface area contributed by atoms with Gasteiger partial charge in [-0.15, -0.1) is 0 Å². The molecule has 0 radical (unpaired) electrons. The lowest BCUT2D eigenvalue weighted by Gasteiger charge is -2.21. The lowest BCUT2D eigenvalue weighted by molar-refractivity contribution is -0.137. The van der Waals surface area contributed by atoms with Crippen molar-refractivity contribution in [3.05, 3.63) is 88.4 Å². The second-order valence-corrected chi connectivity index (χ2v) is 7.53. The van der Waals surface area contributed by atoms with E-state index in [1.165, 1.54) is 6.07 Å². The molecule has 0 aliphatic carbocycles. The molecule has 2 N–H and O–H groups in total. The second kappa shape index (κ2) is 9.10. The van der Waals surface area contributed by atoms with E-state index in [4.69, 9.17) is 21.1 Å². The first-order valence-electron chi connectivity index (χ1n) is 9.66. The molecule has 166 valence electrons. The fourth-order valence-corrected chi connectivity index (χ4v) is 3.52. The Morgan fingerprint density at radius 1 is 1.00 bits per heavy atom. The third kappa shape index (κ3) is 4.98. The van der Waals surface area contributed by atoms with Gasteiger partial charge in [-0.3, -0.25) is 10.1 Å². The van der Waals surface area contributed by atoms with E-state index in [1.807, 2.05) is 6.07 Å².